The third-order valence-electron chi connectivity index (χ3n) is 4.26. The molecule has 0 saturated carbocycles. The lowest BCUT2D eigenvalue weighted by atomic mass is 9.94. The average molecular weight is 266 g/mol. The molecule has 1 saturated heterocycles. The zero-order valence-corrected chi connectivity index (χ0v) is 12.1. The van der Waals surface area contributed by atoms with Gasteiger partial charge in [0.05, 0.1) is 6.04 Å². The third-order valence-corrected chi connectivity index (χ3v) is 4.26. The van der Waals surface area contributed by atoms with Crippen LogP contribution in [0.2, 0.25) is 0 Å². The van der Waals surface area contributed by atoms with E-state index >= 15 is 0 Å². The van der Waals surface area contributed by atoms with E-state index in [0.717, 1.165) is 26.2 Å². The summed E-state index contributed by atoms with van der Waals surface area (Å²) in [5.41, 5.74) is 2.72. The summed E-state index contributed by atoms with van der Waals surface area (Å²) in [5, 5.41) is 6.13. The Labute approximate surface area is 121 Å². The number of piperazine rings is 1. The number of aryl methyl sites for hydroxylation is 1. The monoisotopic (exact) mass is 266 g/mol. The summed E-state index contributed by atoms with van der Waals surface area (Å²) in [6.07, 6.45) is 2.09. The normalized spacial score (nSPS) is 18.1. The minimum atomic E-state index is 0.308. The van der Waals surface area contributed by atoms with E-state index in [-0.39, 0.29) is 0 Å². The van der Waals surface area contributed by atoms with Crippen LogP contribution in [0.25, 0.3) is 10.8 Å². The van der Waals surface area contributed by atoms with Crippen molar-refractivity contribution in [3.8, 4) is 0 Å². The molecule has 0 aromatic heterocycles. The summed E-state index contributed by atoms with van der Waals surface area (Å²) in [5.74, 6) is 0. The van der Waals surface area contributed by atoms with Gasteiger partial charge in [0, 0.05) is 26.2 Å². The molecule has 0 spiro atoms. The molecule has 0 amide bonds. The van der Waals surface area contributed by atoms with Crippen LogP contribution in [0.3, 0.4) is 0 Å². The number of fused-ring (bicyclic) bond motifs is 1. The van der Waals surface area contributed by atoms with E-state index in [1.165, 1.54) is 21.9 Å². The van der Waals surface area contributed by atoms with Crippen LogP contribution < -0.4 is 5.32 Å². The van der Waals surface area contributed by atoms with Gasteiger partial charge in [-0.2, -0.15) is 0 Å². The molecule has 0 radical (unpaired) electrons. The fourth-order valence-corrected chi connectivity index (χ4v) is 3.16. The van der Waals surface area contributed by atoms with Gasteiger partial charge >= 0.3 is 0 Å². The number of rotatable bonds is 3. The molecule has 2 heteroatoms. The standard InChI is InChI=1S/C18H22N2/c1-3-18(20-12-10-19-11-13-20)17-9-8-14(2)15-6-4-5-7-16(15)17/h3-9,18-19H,1,10-13H2,2H3/t18-/m1/s1. The smallest absolute Gasteiger partial charge is 0.0536 e. The molecular formula is C18H22N2. The second kappa shape index (κ2) is 5.78. The van der Waals surface area contributed by atoms with Crippen molar-refractivity contribution in [2.75, 3.05) is 26.2 Å². The first-order chi connectivity index (χ1) is 9.81. The minimum Gasteiger partial charge on any atom is -0.314 e. The average Bonchev–Trinajstić information content (AvgIpc) is 2.52. The van der Waals surface area contributed by atoms with Gasteiger partial charge in [-0.1, -0.05) is 42.5 Å². The van der Waals surface area contributed by atoms with Crippen molar-refractivity contribution < 1.29 is 0 Å². The summed E-state index contributed by atoms with van der Waals surface area (Å²) < 4.78 is 0. The summed E-state index contributed by atoms with van der Waals surface area (Å²) in [6, 6.07) is 13.5. The molecule has 1 heterocycles. The van der Waals surface area contributed by atoms with Crippen LogP contribution in [0, 0.1) is 6.92 Å². The minimum absolute atomic E-state index is 0.308. The highest BCUT2D eigenvalue weighted by Gasteiger charge is 2.21. The Bertz CT molecular complexity index is 612. The molecule has 20 heavy (non-hydrogen) atoms. The van der Waals surface area contributed by atoms with E-state index in [4.69, 9.17) is 0 Å². The molecule has 104 valence electrons. The Morgan fingerprint density at radius 2 is 1.80 bits per heavy atom. The lowest BCUT2D eigenvalue weighted by molar-refractivity contribution is 0.204. The molecule has 1 aliphatic rings. The summed E-state index contributed by atoms with van der Waals surface area (Å²) >= 11 is 0. The van der Waals surface area contributed by atoms with Gasteiger partial charge in [0.1, 0.15) is 0 Å². The van der Waals surface area contributed by atoms with Crippen LogP contribution in [0.5, 0.6) is 0 Å². The zero-order chi connectivity index (χ0) is 13.9. The molecule has 0 bridgehead atoms. The van der Waals surface area contributed by atoms with Crippen LogP contribution in [-0.2, 0) is 0 Å². The highest BCUT2D eigenvalue weighted by Crippen LogP contribution is 2.31. The molecular weight excluding hydrogens is 244 g/mol. The van der Waals surface area contributed by atoms with E-state index in [9.17, 15) is 0 Å². The maximum atomic E-state index is 4.08. The molecule has 0 unspecified atom stereocenters. The number of hydrogen-bond donors (Lipinski definition) is 1. The Morgan fingerprint density at radius 3 is 2.50 bits per heavy atom. The van der Waals surface area contributed by atoms with Crippen LogP contribution in [0.1, 0.15) is 17.2 Å². The first kappa shape index (κ1) is 13.3. The molecule has 1 N–H and O–H groups in total. The van der Waals surface area contributed by atoms with Gasteiger partial charge in [-0.25, -0.2) is 0 Å². The first-order valence-electron chi connectivity index (χ1n) is 7.37. The molecule has 1 fully saturated rings. The van der Waals surface area contributed by atoms with Crippen molar-refractivity contribution >= 4 is 10.8 Å². The van der Waals surface area contributed by atoms with Gasteiger partial charge < -0.3 is 5.32 Å². The summed E-state index contributed by atoms with van der Waals surface area (Å²) in [7, 11) is 0. The number of nitrogens with one attached hydrogen (secondary N) is 1. The van der Waals surface area contributed by atoms with Crippen molar-refractivity contribution in [3.05, 3.63) is 60.2 Å². The first-order valence-corrected chi connectivity index (χ1v) is 7.37. The van der Waals surface area contributed by atoms with E-state index < -0.39 is 0 Å². The van der Waals surface area contributed by atoms with Gasteiger partial charge in [-0.15, -0.1) is 6.58 Å². The van der Waals surface area contributed by atoms with Gasteiger partial charge in [0.15, 0.2) is 0 Å². The Balaban J connectivity index is 2.07. The molecule has 0 aliphatic carbocycles. The second-order valence-corrected chi connectivity index (χ2v) is 5.48. The van der Waals surface area contributed by atoms with E-state index in [1.54, 1.807) is 0 Å². The zero-order valence-electron chi connectivity index (χ0n) is 12.1. The predicted octanol–water partition coefficient (Wildman–Crippen LogP) is 3.28. The number of hydrogen-bond acceptors (Lipinski definition) is 2. The molecule has 2 nitrogen and oxygen atoms in total. The quantitative estimate of drug-likeness (QED) is 0.858. The largest absolute Gasteiger partial charge is 0.314 e. The highest BCUT2D eigenvalue weighted by atomic mass is 15.2. The third kappa shape index (κ3) is 2.37. The fraction of sp³-hybridized carbons (Fsp3) is 0.333. The number of benzene rings is 2. The van der Waals surface area contributed by atoms with Crippen LogP contribution in [0.15, 0.2) is 49.1 Å². The highest BCUT2D eigenvalue weighted by molar-refractivity contribution is 5.89. The van der Waals surface area contributed by atoms with Gasteiger partial charge in [-0.3, -0.25) is 4.90 Å². The van der Waals surface area contributed by atoms with E-state index in [1.807, 2.05) is 0 Å². The lowest BCUT2D eigenvalue weighted by Crippen LogP contribution is -2.44. The lowest BCUT2D eigenvalue weighted by Gasteiger charge is -2.34. The Morgan fingerprint density at radius 1 is 1.10 bits per heavy atom. The maximum absolute atomic E-state index is 4.08. The van der Waals surface area contributed by atoms with Gasteiger partial charge in [-0.05, 0) is 28.8 Å². The molecule has 3 rings (SSSR count). The number of nitrogens with zero attached hydrogens (tertiary/aromatic N) is 1. The summed E-state index contributed by atoms with van der Waals surface area (Å²) in [4.78, 5) is 2.51. The van der Waals surface area contributed by atoms with Gasteiger partial charge in [0.25, 0.3) is 0 Å². The predicted molar refractivity (Wildman–Crippen MR) is 86.1 cm³/mol. The van der Waals surface area contributed by atoms with Crippen molar-refractivity contribution in [1.82, 2.24) is 10.2 Å². The Hall–Kier alpha value is -1.64. The molecule has 1 aliphatic heterocycles. The SMILES string of the molecule is C=C[C@H](c1ccc(C)c2ccccc12)N1CCNCC1. The van der Waals surface area contributed by atoms with Crippen LogP contribution in [0.4, 0.5) is 0 Å². The van der Waals surface area contributed by atoms with Crippen molar-refractivity contribution in [1.29, 1.82) is 0 Å². The van der Waals surface area contributed by atoms with Gasteiger partial charge in [0.2, 0.25) is 0 Å². The molecule has 2 aromatic rings. The van der Waals surface area contributed by atoms with Crippen LogP contribution >= 0.6 is 0 Å². The maximum Gasteiger partial charge on any atom is 0.0536 e. The van der Waals surface area contributed by atoms with E-state index in [2.05, 4.69) is 66.2 Å². The molecule has 2 aromatic carbocycles. The Kier molecular flexibility index (Phi) is 3.86. The van der Waals surface area contributed by atoms with Crippen LogP contribution in [-0.4, -0.2) is 31.1 Å². The van der Waals surface area contributed by atoms with Crippen molar-refractivity contribution in [2.24, 2.45) is 0 Å². The van der Waals surface area contributed by atoms with E-state index in [0.29, 0.717) is 6.04 Å². The van der Waals surface area contributed by atoms with Crippen molar-refractivity contribution in [3.63, 3.8) is 0 Å². The molecule has 1 atom stereocenters. The topological polar surface area (TPSA) is 15.3 Å². The summed E-state index contributed by atoms with van der Waals surface area (Å²) in [6.45, 7) is 10.6. The second-order valence-electron chi connectivity index (χ2n) is 5.48. The fourth-order valence-electron chi connectivity index (χ4n) is 3.16. The van der Waals surface area contributed by atoms with Crippen molar-refractivity contribution in [2.45, 2.75) is 13.0 Å².